The molecule has 1 aliphatic heterocycles. The fraction of sp³-hybridized carbons (Fsp3) is 0.533. The van der Waals surface area contributed by atoms with Gasteiger partial charge in [0.25, 0.3) is 0 Å². The first-order chi connectivity index (χ1) is 11.8. The molecule has 25 heavy (non-hydrogen) atoms. The minimum atomic E-state index is -3.00. The van der Waals surface area contributed by atoms with Crippen molar-refractivity contribution in [2.45, 2.75) is 32.5 Å². The van der Waals surface area contributed by atoms with Crippen molar-refractivity contribution in [3.63, 3.8) is 0 Å². The van der Waals surface area contributed by atoms with E-state index in [0.29, 0.717) is 24.5 Å². The van der Waals surface area contributed by atoms with Crippen LogP contribution in [-0.2, 0) is 16.4 Å². The molecular formula is C15H20BrF2N3O3S. The summed E-state index contributed by atoms with van der Waals surface area (Å²) in [4.78, 5) is 4.36. The molecule has 1 aliphatic rings. The standard InChI is InChI=1S/C15H20BrF2N3O3S/c1-2-19-15(21-12-5-6-25(22,23)9-12)20-8-10-7-11(16)3-4-13(10)24-14(17)18/h3-4,7,12,14H,2,5-6,8-9H2,1H3,(H2,19,20,21). The van der Waals surface area contributed by atoms with Crippen molar-refractivity contribution in [1.82, 2.24) is 10.6 Å². The number of sulfone groups is 1. The Morgan fingerprint density at radius 2 is 2.24 bits per heavy atom. The Kier molecular flexibility index (Phi) is 7.00. The van der Waals surface area contributed by atoms with E-state index in [0.717, 1.165) is 4.47 Å². The van der Waals surface area contributed by atoms with Gasteiger partial charge < -0.3 is 15.4 Å². The molecule has 1 heterocycles. The maximum absolute atomic E-state index is 12.5. The average Bonchev–Trinajstić information content (AvgIpc) is 2.86. The Morgan fingerprint density at radius 1 is 1.48 bits per heavy atom. The monoisotopic (exact) mass is 439 g/mol. The van der Waals surface area contributed by atoms with Crippen molar-refractivity contribution in [3.05, 3.63) is 28.2 Å². The summed E-state index contributed by atoms with van der Waals surface area (Å²) in [6.07, 6.45) is 0.517. The molecule has 10 heteroatoms. The third-order valence-corrected chi connectivity index (χ3v) is 5.82. The van der Waals surface area contributed by atoms with Crippen LogP contribution in [0.25, 0.3) is 0 Å². The van der Waals surface area contributed by atoms with Crippen LogP contribution in [0.4, 0.5) is 8.78 Å². The molecule has 0 aliphatic carbocycles. The molecule has 1 saturated heterocycles. The minimum Gasteiger partial charge on any atom is -0.434 e. The maximum Gasteiger partial charge on any atom is 0.387 e. The summed E-state index contributed by atoms with van der Waals surface area (Å²) in [5.41, 5.74) is 0.492. The number of halogens is 3. The Hall–Kier alpha value is -1.42. The van der Waals surface area contributed by atoms with E-state index in [-0.39, 0.29) is 29.8 Å². The van der Waals surface area contributed by atoms with Crippen molar-refractivity contribution in [2.75, 3.05) is 18.1 Å². The lowest BCUT2D eigenvalue weighted by molar-refractivity contribution is -0.0504. The SMILES string of the molecule is CCNC(=NCc1cc(Br)ccc1OC(F)F)NC1CCS(=O)(=O)C1. The zero-order valence-electron chi connectivity index (χ0n) is 13.6. The van der Waals surface area contributed by atoms with Crippen LogP contribution in [0, 0.1) is 0 Å². The van der Waals surface area contributed by atoms with E-state index in [2.05, 4.69) is 36.3 Å². The third kappa shape index (κ3) is 6.43. The molecule has 0 aromatic heterocycles. The van der Waals surface area contributed by atoms with Crippen molar-refractivity contribution >= 4 is 31.7 Å². The number of ether oxygens (including phenoxy) is 1. The van der Waals surface area contributed by atoms with Crippen LogP contribution >= 0.6 is 15.9 Å². The van der Waals surface area contributed by atoms with Gasteiger partial charge in [-0.15, -0.1) is 0 Å². The number of hydrogen-bond acceptors (Lipinski definition) is 4. The van der Waals surface area contributed by atoms with Crippen molar-refractivity contribution < 1.29 is 21.9 Å². The molecular weight excluding hydrogens is 420 g/mol. The van der Waals surface area contributed by atoms with Gasteiger partial charge in [0.1, 0.15) is 5.75 Å². The highest BCUT2D eigenvalue weighted by Gasteiger charge is 2.28. The van der Waals surface area contributed by atoms with E-state index < -0.39 is 16.4 Å². The average molecular weight is 440 g/mol. The first kappa shape index (κ1) is 19.9. The number of alkyl halides is 2. The summed E-state index contributed by atoms with van der Waals surface area (Å²) in [5, 5.41) is 6.10. The lowest BCUT2D eigenvalue weighted by Crippen LogP contribution is -2.44. The highest BCUT2D eigenvalue weighted by Crippen LogP contribution is 2.25. The zero-order chi connectivity index (χ0) is 18.4. The molecule has 1 unspecified atom stereocenters. The molecule has 1 fully saturated rings. The largest absolute Gasteiger partial charge is 0.434 e. The molecule has 0 spiro atoms. The second-order valence-corrected chi connectivity index (χ2v) is 8.71. The Morgan fingerprint density at radius 3 is 2.84 bits per heavy atom. The highest BCUT2D eigenvalue weighted by atomic mass is 79.9. The molecule has 1 aromatic carbocycles. The van der Waals surface area contributed by atoms with Crippen molar-refractivity contribution in [1.29, 1.82) is 0 Å². The summed E-state index contributed by atoms with van der Waals surface area (Å²) < 4.78 is 53.4. The second-order valence-electron chi connectivity index (χ2n) is 5.57. The molecule has 2 N–H and O–H groups in total. The smallest absolute Gasteiger partial charge is 0.387 e. The van der Waals surface area contributed by atoms with Crippen LogP contribution in [0.3, 0.4) is 0 Å². The Labute approximate surface area is 154 Å². The predicted octanol–water partition coefficient (Wildman–Crippen LogP) is 2.29. The summed E-state index contributed by atoms with van der Waals surface area (Å²) in [7, 11) is -3.00. The topological polar surface area (TPSA) is 79.8 Å². The normalized spacial score (nSPS) is 19.9. The molecule has 0 bridgehead atoms. The minimum absolute atomic E-state index is 0.0567. The highest BCUT2D eigenvalue weighted by molar-refractivity contribution is 9.10. The molecule has 0 saturated carbocycles. The number of aliphatic imine (C=N–C) groups is 1. The molecule has 0 amide bonds. The van der Waals surface area contributed by atoms with Crippen LogP contribution in [0.1, 0.15) is 18.9 Å². The fourth-order valence-corrected chi connectivity index (χ4v) is 4.55. The van der Waals surface area contributed by atoms with Gasteiger partial charge in [0, 0.05) is 22.6 Å². The van der Waals surface area contributed by atoms with Gasteiger partial charge in [-0.05, 0) is 31.5 Å². The van der Waals surface area contributed by atoms with Crippen LogP contribution in [0.2, 0.25) is 0 Å². The third-order valence-electron chi connectivity index (χ3n) is 3.56. The summed E-state index contributed by atoms with van der Waals surface area (Å²) in [6.45, 7) is -0.341. The molecule has 1 aromatic rings. The van der Waals surface area contributed by atoms with E-state index in [1.54, 1.807) is 12.1 Å². The van der Waals surface area contributed by atoms with Gasteiger partial charge in [-0.3, -0.25) is 0 Å². The van der Waals surface area contributed by atoms with Crippen LogP contribution in [0.15, 0.2) is 27.7 Å². The van der Waals surface area contributed by atoms with Crippen LogP contribution in [0.5, 0.6) is 5.75 Å². The summed E-state index contributed by atoms with van der Waals surface area (Å²) in [5.74, 6) is 0.713. The van der Waals surface area contributed by atoms with Gasteiger partial charge in [-0.2, -0.15) is 8.78 Å². The van der Waals surface area contributed by atoms with E-state index in [4.69, 9.17) is 0 Å². The summed E-state index contributed by atoms with van der Waals surface area (Å²) >= 11 is 3.29. The number of rotatable bonds is 6. The van der Waals surface area contributed by atoms with Gasteiger partial charge in [-0.25, -0.2) is 13.4 Å². The number of nitrogens with one attached hydrogen (secondary N) is 2. The number of nitrogens with zero attached hydrogens (tertiary/aromatic N) is 1. The summed E-state index contributed by atoms with van der Waals surface area (Å²) in [6, 6.07) is 4.51. The van der Waals surface area contributed by atoms with Crippen molar-refractivity contribution in [2.24, 2.45) is 4.99 Å². The lowest BCUT2D eigenvalue weighted by Gasteiger charge is -2.16. The molecule has 0 radical (unpaired) electrons. The van der Waals surface area contributed by atoms with Gasteiger partial charge in [-0.1, -0.05) is 15.9 Å². The molecule has 1 atom stereocenters. The lowest BCUT2D eigenvalue weighted by atomic mass is 10.2. The number of hydrogen-bond donors (Lipinski definition) is 2. The maximum atomic E-state index is 12.5. The predicted molar refractivity (Wildman–Crippen MR) is 95.8 cm³/mol. The van der Waals surface area contributed by atoms with Crippen molar-refractivity contribution in [3.8, 4) is 5.75 Å². The van der Waals surface area contributed by atoms with Gasteiger partial charge >= 0.3 is 6.61 Å². The van der Waals surface area contributed by atoms with E-state index in [9.17, 15) is 17.2 Å². The van der Waals surface area contributed by atoms with Gasteiger partial charge in [0.15, 0.2) is 15.8 Å². The Balaban J connectivity index is 2.11. The zero-order valence-corrected chi connectivity index (χ0v) is 16.0. The first-order valence-corrected chi connectivity index (χ1v) is 10.4. The Bertz CT molecular complexity index is 729. The molecule has 2 rings (SSSR count). The first-order valence-electron chi connectivity index (χ1n) is 7.77. The number of benzene rings is 1. The second kappa shape index (κ2) is 8.79. The molecule has 140 valence electrons. The van der Waals surface area contributed by atoms with E-state index in [1.807, 2.05) is 6.92 Å². The van der Waals surface area contributed by atoms with Crippen LogP contribution < -0.4 is 15.4 Å². The van der Waals surface area contributed by atoms with Gasteiger partial charge in [0.05, 0.1) is 18.1 Å². The quantitative estimate of drug-likeness (QED) is 0.524. The molecule has 6 nitrogen and oxygen atoms in total. The van der Waals surface area contributed by atoms with E-state index in [1.165, 1.54) is 6.07 Å². The van der Waals surface area contributed by atoms with E-state index >= 15 is 0 Å². The fourth-order valence-electron chi connectivity index (χ4n) is 2.47. The van der Waals surface area contributed by atoms with Gasteiger partial charge in [0.2, 0.25) is 0 Å². The van der Waals surface area contributed by atoms with Crippen LogP contribution in [-0.4, -0.2) is 45.1 Å². The number of guanidine groups is 1.